The van der Waals surface area contributed by atoms with Crippen molar-refractivity contribution in [2.24, 2.45) is 0 Å². The summed E-state index contributed by atoms with van der Waals surface area (Å²) in [6, 6.07) is 12.1. The molecule has 0 saturated carbocycles. The molecular weight excluding hydrogens is 376 g/mol. The summed E-state index contributed by atoms with van der Waals surface area (Å²) < 4.78 is 5.39. The number of aryl methyl sites for hydroxylation is 2. The van der Waals surface area contributed by atoms with Crippen molar-refractivity contribution in [3.05, 3.63) is 73.2 Å². The first-order valence-electron chi connectivity index (χ1n) is 9.01. The van der Waals surface area contributed by atoms with Crippen LogP contribution in [0.1, 0.15) is 27.9 Å². The van der Waals surface area contributed by atoms with Gasteiger partial charge in [-0.2, -0.15) is 0 Å². The summed E-state index contributed by atoms with van der Waals surface area (Å²) in [7, 11) is 0. The smallest absolute Gasteiger partial charge is 0.336 e. The van der Waals surface area contributed by atoms with Gasteiger partial charge in [0.2, 0.25) is 0 Å². The van der Waals surface area contributed by atoms with Gasteiger partial charge in [0.05, 0.1) is 20.5 Å². The lowest BCUT2D eigenvalue weighted by molar-refractivity contribution is -0.685. The standard InChI is InChI=1S/C21H20N2O2S2/c1-3-14-4-6-17-15(9-21(24)25-19(17)8-14)10-22-11-16-5-7-20(27-16)18-12-26-13(2)23-18/h4-9,12,22H,3,10-11H2,1-2H3/p+1. The second-order valence-electron chi connectivity index (χ2n) is 6.49. The largest absolute Gasteiger partial charge is 0.423 e. The number of nitrogens with two attached hydrogens (primary N) is 1. The molecule has 0 aliphatic heterocycles. The van der Waals surface area contributed by atoms with Gasteiger partial charge in [-0.3, -0.25) is 0 Å². The second kappa shape index (κ2) is 7.76. The summed E-state index contributed by atoms with van der Waals surface area (Å²) in [5, 5.41) is 6.44. The lowest BCUT2D eigenvalue weighted by Gasteiger charge is -2.06. The van der Waals surface area contributed by atoms with E-state index >= 15 is 0 Å². The van der Waals surface area contributed by atoms with Gasteiger partial charge in [0.15, 0.2) is 0 Å². The van der Waals surface area contributed by atoms with Crippen molar-refractivity contribution in [2.45, 2.75) is 33.4 Å². The molecule has 4 aromatic rings. The molecule has 4 nitrogen and oxygen atoms in total. The molecule has 6 heteroatoms. The van der Waals surface area contributed by atoms with E-state index in [2.05, 4.69) is 46.9 Å². The molecule has 3 heterocycles. The Labute approximate surface area is 165 Å². The van der Waals surface area contributed by atoms with Crippen LogP contribution >= 0.6 is 22.7 Å². The van der Waals surface area contributed by atoms with Crippen LogP contribution in [0.3, 0.4) is 0 Å². The maximum atomic E-state index is 11.9. The van der Waals surface area contributed by atoms with Gasteiger partial charge < -0.3 is 9.73 Å². The number of quaternary nitrogens is 1. The number of rotatable bonds is 6. The van der Waals surface area contributed by atoms with Crippen LogP contribution < -0.4 is 10.9 Å². The third-order valence-corrected chi connectivity index (χ3v) is 6.45. The van der Waals surface area contributed by atoms with Gasteiger partial charge in [0, 0.05) is 22.4 Å². The molecule has 138 valence electrons. The molecule has 0 unspecified atom stereocenters. The molecule has 0 aliphatic carbocycles. The highest BCUT2D eigenvalue weighted by Crippen LogP contribution is 2.28. The van der Waals surface area contributed by atoms with E-state index in [9.17, 15) is 4.79 Å². The van der Waals surface area contributed by atoms with Crippen LogP contribution in [-0.4, -0.2) is 4.98 Å². The average Bonchev–Trinajstić information content (AvgIpc) is 3.30. The molecule has 1 aromatic carbocycles. The number of nitrogens with zero attached hydrogens (tertiary/aromatic N) is 1. The topological polar surface area (TPSA) is 59.7 Å². The molecule has 0 spiro atoms. The fourth-order valence-corrected chi connectivity index (χ4v) is 4.79. The van der Waals surface area contributed by atoms with Crippen molar-refractivity contribution in [3.63, 3.8) is 0 Å². The second-order valence-corrected chi connectivity index (χ2v) is 8.72. The summed E-state index contributed by atoms with van der Waals surface area (Å²) in [5.74, 6) is 0. The molecule has 0 bridgehead atoms. The third kappa shape index (κ3) is 4.03. The van der Waals surface area contributed by atoms with E-state index in [4.69, 9.17) is 4.42 Å². The Hall–Kier alpha value is -2.28. The number of hydrogen-bond donors (Lipinski definition) is 1. The normalized spacial score (nSPS) is 11.3. The van der Waals surface area contributed by atoms with Crippen molar-refractivity contribution >= 4 is 33.6 Å². The van der Waals surface area contributed by atoms with Crippen LogP contribution in [0.4, 0.5) is 0 Å². The lowest BCUT2D eigenvalue weighted by atomic mass is 10.1. The Balaban J connectivity index is 1.48. The van der Waals surface area contributed by atoms with Crippen molar-refractivity contribution in [3.8, 4) is 10.6 Å². The Bertz CT molecular complexity index is 1140. The fourth-order valence-electron chi connectivity index (χ4n) is 3.13. The highest BCUT2D eigenvalue weighted by molar-refractivity contribution is 7.16. The van der Waals surface area contributed by atoms with Gasteiger partial charge >= 0.3 is 5.63 Å². The van der Waals surface area contributed by atoms with E-state index in [1.807, 2.05) is 13.0 Å². The minimum Gasteiger partial charge on any atom is -0.423 e. The van der Waals surface area contributed by atoms with Crippen molar-refractivity contribution < 1.29 is 9.73 Å². The molecule has 0 atom stereocenters. The Kier molecular flexibility index (Phi) is 5.20. The van der Waals surface area contributed by atoms with Crippen LogP contribution in [-0.2, 0) is 19.5 Å². The summed E-state index contributed by atoms with van der Waals surface area (Å²) in [4.78, 5) is 19.0. The summed E-state index contributed by atoms with van der Waals surface area (Å²) in [6.07, 6.45) is 0.926. The van der Waals surface area contributed by atoms with Crippen LogP contribution in [0.15, 0.2) is 51.0 Å². The first kappa shape index (κ1) is 18.1. The van der Waals surface area contributed by atoms with E-state index in [1.54, 1.807) is 28.7 Å². The molecule has 2 N–H and O–H groups in total. The first-order valence-corrected chi connectivity index (χ1v) is 10.7. The average molecular weight is 398 g/mol. The highest BCUT2D eigenvalue weighted by atomic mass is 32.1. The predicted octanol–water partition coefficient (Wildman–Crippen LogP) is 4.11. The van der Waals surface area contributed by atoms with Gasteiger partial charge in [-0.15, -0.1) is 22.7 Å². The first-order chi connectivity index (χ1) is 13.1. The fraction of sp³-hybridized carbons (Fsp3) is 0.238. The van der Waals surface area contributed by atoms with E-state index in [0.717, 1.165) is 41.2 Å². The molecule has 4 rings (SSSR count). The highest BCUT2D eigenvalue weighted by Gasteiger charge is 2.10. The van der Waals surface area contributed by atoms with Gasteiger partial charge in [0.25, 0.3) is 0 Å². The van der Waals surface area contributed by atoms with Gasteiger partial charge in [-0.05, 0) is 37.1 Å². The molecule has 0 amide bonds. The molecule has 0 fully saturated rings. The van der Waals surface area contributed by atoms with Crippen molar-refractivity contribution in [1.82, 2.24) is 4.98 Å². The van der Waals surface area contributed by atoms with Crippen molar-refractivity contribution in [1.29, 1.82) is 0 Å². The van der Waals surface area contributed by atoms with Crippen LogP contribution in [0.5, 0.6) is 0 Å². The number of aromatic nitrogens is 1. The zero-order chi connectivity index (χ0) is 18.8. The SMILES string of the molecule is CCc1ccc2c(C[NH2+]Cc3ccc(-c4csc(C)n4)s3)cc(=O)oc2c1. The lowest BCUT2D eigenvalue weighted by Crippen LogP contribution is -2.80. The number of hydrogen-bond acceptors (Lipinski definition) is 5. The molecule has 0 aliphatic rings. The Morgan fingerprint density at radius 2 is 2.04 bits per heavy atom. The maximum absolute atomic E-state index is 11.9. The summed E-state index contributed by atoms with van der Waals surface area (Å²) in [6.45, 7) is 5.75. The third-order valence-electron chi connectivity index (χ3n) is 4.55. The van der Waals surface area contributed by atoms with E-state index in [0.29, 0.717) is 5.58 Å². The zero-order valence-electron chi connectivity index (χ0n) is 15.3. The van der Waals surface area contributed by atoms with Gasteiger partial charge in [-0.25, -0.2) is 9.78 Å². The van der Waals surface area contributed by atoms with Gasteiger partial charge in [0.1, 0.15) is 18.7 Å². The summed E-state index contributed by atoms with van der Waals surface area (Å²) >= 11 is 3.46. The number of thiazole rings is 1. The molecule has 0 radical (unpaired) electrons. The number of fused-ring (bicyclic) bond motifs is 1. The zero-order valence-corrected chi connectivity index (χ0v) is 17.0. The van der Waals surface area contributed by atoms with Crippen LogP contribution in [0.25, 0.3) is 21.5 Å². The molecule has 3 aromatic heterocycles. The minimum absolute atomic E-state index is 0.281. The quantitative estimate of drug-likeness (QED) is 0.498. The monoisotopic (exact) mass is 397 g/mol. The molecule has 0 saturated heterocycles. The van der Waals surface area contributed by atoms with Crippen molar-refractivity contribution in [2.75, 3.05) is 0 Å². The number of thiophene rings is 1. The Morgan fingerprint density at radius 3 is 2.81 bits per heavy atom. The number of benzene rings is 1. The minimum atomic E-state index is -0.281. The molecular formula is C21H21N2O2S2+. The maximum Gasteiger partial charge on any atom is 0.336 e. The van der Waals surface area contributed by atoms with E-state index in [1.165, 1.54) is 15.3 Å². The van der Waals surface area contributed by atoms with E-state index < -0.39 is 0 Å². The molecule has 27 heavy (non-hydrogen) atoms. The predicted molar refractivity (Wildman–Crippen MR) is 111 cm³/mol. The van der Waals surface area contributed by atoms with Gasteiger partial charge in [-0.1, -0.05) is 19.1 Å². The van der Waals surface area contributed by atoms with E-state index in [-0.39, 0.29) is 5.63 Å². The summed E-state index contributed by atoms with van der Waals surface area (Å²) in [5.41, 5.74) is 3.66. The van der Waals surface area contributed by atoms with Crippen LogP contribution in [0.2, 0.25) is 0 Å². The Morgan fingerprint density at radius 1 is 1.15 bits per heavy atom. The van der Waals surface area contributed by atoms with Crippen LogP contribution in [0, 0.1) is 6.92 Å².